The molecule has 130 valence electrons. The first kappa shape index (κ1) is 17.7. The number of para-hydroxylation sites is 1. The van der Waals surface area contributed by atoms with E-state index in [1.165, 1.54) is 25.1 Å². The third-order valence-electron chi connectivity index (χ3n) is 3.20. The summed E-state index contributed by atoms with van der Waals surface area (Å²) in [6, 6.07) is 5.31. The number of hydrogen-bond donors (Lipinski definition) is 2. The van der Waals surface area contributed by atoms with Crippen molar-refractivity contribution in [2.45, 2.75) is 13.0 Å². The van der Waals surface area contributed by atoms with Crippen molar-refractivity contribution < 1.29 is 27.5 Å². The summed E-state index contributed by atoms with van der Waals surface area (Å²) in [5.74, 6) is -1.52. The van der Waals surface area contributed by atoms with Crippen LogP contribution in [0.2, 0.25) is 0 Å². The van der Waals surface area contributed by atoms with Crippen LogP contribution in [0, 0.1) is 0 Å². The molecule has 0 bridgehead atoms. The molecule has 0 aliphatic carbocycles. The van der Waals surface area contributed by atoms with E-state index >= 15 is 0 Å². The van der Waals surface area contributed by atoms with Gasteiger partial charge in [0.1, 0.15) is 0 Å². The van der Waals surface area contributed by atoms with Crippen molar-refractivity contribution in [3.63, 3.8) is 0 Å². The minimum Gasteiger partial charge on any atom is -0.449 e. The second kappa shape index (κ2) is 6.87. The number of ether oxygens (including phenoxy) is 1. The minimum atomic E-state index is -3.58. The smallest absolute Gasteiger partial charge is 0.341 e. The standard InChI is InChI=1S/C14H17N3O6S/c1-9(12(18)17-8-7-15-14(17)20)23-13(19)10-5-3-4-6-11(10)16-24(2,21)22/h3-6,9,16H,7-8H2,1-2H3,(H,15,20)/t9-/m1/s1. The van der Waals surface area contributed by atoms with Gasteiger partial charge in [-0.25, -0.2) is 18.0 Å². The maximum absolute atomic E-state index is 12.2. The number of carbonyl (C=O) groups is 3. The number of nitrogens with one attached hydrogen (secondary N) is 2. The SMILES string of the molecule is C[C@@H](OC(=O)c1ccccc1NS(C)(=O)=O)C(=O)N1CCNC1=O. The van der Waals surface area contributed by atoms with Gasteiger partial charge in [0, 0.05) is 13.1 Å². The molecule has 0 spiro atoms. The van der Waals surface area contributed by atoms with Crippen molar-refractivity contribution in [1.82, 2.24) is 10.2 Å². The van der Waals surface area contributed by atoms with E-state index in [1.54, 1.807) is 6.07 Å². The highest BCUT2D eigenvalue weighted by Crippen LogP contribution is 2.18. The lowest BCUT2D eigenvalue weighted by Gasteiger charge is -2.18. The molecule has 9 nitrogen and oxygen atoms in total. The van der Waals surface area contributed by atoms with E-state index in [1.807, 2.05) is 0 Å². The fourth-order valence-electron chi connectivity index (χ4n) is 2.13. The largest absolute Gasteiger partial charge is 0.449 e. The van der Waals surface area contributed by atoms with Crippen LogP contribution < -0.4 is 10.0 Å². The first-order valence-electron chi connectivity index (χ1n) is 7.06. The van der Waals surface area contributed by atoms with Crippen LogP contribution in [0.5, 0.6) is 0 Å². The Hall–Kier alpha value is -2.62. The predicted octanol–water partition coefficient (Wildman–Crippen LogP) is 0.155. The van der Waals surface area contributed by atoms with Gasteiger partial charge in [0.15, 0.2) is 6.10 Å². The van der Waals surface area contributed by atoms with Crippen molar-refractivity contribution >= 4 is 33.6 Å². The molecule has 3 amide bonds. The molecule has 1 aliphatic rings. The van der Waals surface area contributed by atoms with Gasteiger partial charge in [-0.1, -0.05) is 12.1 Å². The molecular weight excluding hydrogens is 338 g/mol. The molecule has 1 aromatic carbocycles. The maximum Gasteiger partial charge on any atom is 0.341 e. The molecule has 24 heavy (non-hydrogen) atoms. The summed E-state index contributed by atoms with van der Waals surface area (Å²) < 4.78 is 30.0. The zero-order valence-corrected chi connectivity index (χ0v) is 13.9. The molecule has 0 saturated carbocycles. The summed E-state index contributed by atoms with van der Waals surface area (Å²) >= 11 is 0. The number of anilines is 1. The molecule has 1 atom stereocenters. The van der Waals surface area contributed by atoms with Gasteiger partial charge in [0.25, 0.3) is 5.91 Å². The highest BCUT2D eigenvalue weighted by molar-refractivity contribution is 7.92. The van der Waals surface area contributed by atoms with E-state index in [9.17, 15) is 22.8 Å². The van der Waals surface area contributed by atoms with Gasteiger partial charge >= 0.3 is 12.0 Å². The number of urea groups is 1. The van der Waals surface area contributed by atoms with Crippen LogP contribution in [0.4, 0.5) is 10.5 Å². The first-order valence-corrected chi connectivity index (χ1v) is 8.95. The van der Waals surface area contributed by atoms with Crippen LogP contribution in [0.3, 0.4) is 0 Å². The Morgan fingerprint density at radius 1 is 1.33 bits per heavy atom. The van der Waals surface area contributed by atoms with Gasteiger partial charge in [-0.2, -0.15) is 0 Å². The summed E-state index contributed by atoms with van der Waals surface area (Å²) in [5, 5.41) is 2.47. The number of rotatable bonds is 5. The van der Waals surface area contributed by atoms with E-state index in [0.29, 0.717) is 6.54 Å². The number of carbonyl (C=O) groups excluding carboxylic acids is 3. The van der Waals surface area contributed by atoms with Gasteiger partial charge < -0.3 is 10.1 Å². The fraction of sp³-hybridized carbons (Fsp3) is 0.357. The van der Waals surface area contributed by atoms with Gasteiger partial charge in [-0.05, 0) is 19.1 Å². The molecule has 1 aromatic rings. The summed E-state index contributed by atoms with van der Waals surface area (Å²) in [4.78, 5) is 36.8. The summed E-state index contributed by atoms with van der Waals surface area (Å²) in [5.41, 5.74) is 0.0111. The Kier molecular flexibility index (Phi) is 5.07. The lowest BCUT2D eigenvalue weighted by atomic mass is 10.2. The molecule has 1 saturated heterocycles. The van der Waals surface area contributed by atoms with Crippen LogP contribution in [-0.2, 0) is 19.6 Å². The lowest BCUT2D eigenvalue weighted by molar-refractivity contribution is -0.136. The quantitative estimate of drug-likeness (QED) is 0.725. The normalized spacial score (nSPS) is 15.6. The maximum atomic E-state index is 12.2. The number of nitrogens with zero attached hydrogens (tertiary/aromatic N) is 1. The topological polar surface area (TPSA) is 122 Å². The Morgan fingerprint density at radius 2 is 2.00 bits per heavy atom. The molecule has 0 radical (unpaired) electrons. The zero-order chi connectivity index (χ0) is 17.9. The molecule has 1 aliphatic heterocycles. The van der Waals surface area contributed by atoms with Crippen LogP contribution in [0.15, 0.2) is 24.3 Å². The van der Waals surface area contributed by atoms with Crippen molar-refractivity contribution in [2.75, 3.05) is 24.1 Å². The van der Waals surface area contributed by atoms with Crippen molar-refractivity contribution in [3.05, 3.63) is 29.8 Å². The van der Waals surface area contributed by atoms with Gasteiger partial charge in [0.05, 0.1) is 17.5 Å². The van der Waals surface area contributed by atoms with Crippen LogP contribution in [0.25, 0.3) is 0 Å². The number of hydrogen-bond acceptors (Lipinski definition) is 6. The van der Waals surface area contributed by atoms with E-state index < -0.39 is 34.0 Å². The average molecular weight is 355 g/mol. The van der Waals surface area contributed by atoms with Crippen molar-refractivity contribution in [1.29, 1.82) is 0 Å². The molecule has 1 fully saturated rings. The lowest BCUT2D eigenvalue weighted by Crippen LogP contribution is -2.41. The predicted molar refractivity (Wildman–Crippen MR) is 84.9 cm³/mol. The van der Waals surface area contributed by atoms with E-state index in [-0.39, 0.29) is 17.8 Å². The molecule has 0 unspecified atom stereocenters. The highest BCUT2D eigenvalue weighted by Gasteiger charge is 2.32. The highest BCUT2D eigenvalue weighted by atomic mass is 32.2. The fourth-order valence-corrected chi connectivity index (χ4v) is 2.70. The second-order valence-electron chi connectivity index (χ2n) is 5.19. The van der Waals surface area contributed by atoms with Crippen molar-refractivity contribution in [3.8, 4) is 0 Å². The Bertz CT molecular complexity index is 776. The van der Waals surface area contributed by atoms with Crippen LogP contribution in [0.1, 0.15) is 17.3 Å². The van der Waals surface area contributed by atoms with Gasteiger partial charge in [0.2, 0.25) is 10.0 Å². The Labute approximate surface area is 139 Å². The molecule has 0 aromatic heterocycles. The second-order valence-corrected chi connectivity index (χ2v) is 6.94. The Balaban J connectivity index is 2.12. The van der Waals surface area contributed by atoms with E-state index in [2.05, 4.69) is 10.0 Å². The van der Waals surface area contributed by atoms with Gasteiger partial charge in [-0.3, -0.25) is 14.4 Å². The zero-order valence-electron chi connectivity index (χ0n) is 13.1. The monoisotopic (exact) mass is 355 g/mol. The van der Waals surface area contributed by atoms with Crippen molar-refractivity contribution in [2.24, 2.45) is 0 Å². The van der Waals surface area contributed by atoms with E-state index in [4.69, 9.17) is 4.74 Å². The third kappa shape index (κ3) is 4.22. The number of amides is 3. The average Bonchev–Trinajstić information content (AvgIpc) is 2.91. The molecule has 10 heteroatoms. The number of imide groups is 1. The molecule has 2 N–H and O–H groups in total. The summed E-state index contributed by atoms with van der Waals surface area (Å²) in [6.07, 6.45) is -0.236. The summed E-state index contributed by atoms with van der Waals surface area (Å²) in [6.45, 7) is 1.89. The third-order valence-corrected chi connectivity index (χ3v) is 3.79. The minimum absolute atomic E-state index is 0.0338. The molecule has 2 rings (SSSR count). The Morgan fingerprint density at radius 3 is 2.58 bits per heavy atom. The number of sulfonamides is 1. The number of benzene rings is 1. The summed E-state index contributed by atoms with van der Waals surface area (Å²) in [7, 11) is -3.58. The van der Waals surface area contributed by atoms with Crippen LogP contribution in [-0.4, -0.2) is 56.7 Å². The van der Waals surface area contributed by atoms with Crippen LogP contribution >= 0.6 is 0 Å². The van der Waals surface area contributed by atoms with E-state index in [0.717, 1.165) is 11.2 Å². The number of esters is 1. The molecule has 1 heterocycles. The molecular formula is C14H17N3O6S. The van der Waals surface area contributed by atoms with Gasteiger partial charge in [-0.15, -0.1) is 0 Å². The first-order chi connectivity index (χ1) is 11.2.